The molecule has 10 nitrogen and oxygen atoms in total. The molecule has 4 aromatic rings. The van der Waals surface area contributed by atoms with Crippen LogP contribution in [0.15, 0.2) is 58.9 Å². The van der Waals surface area contributed by atoms with Crippen LogP contribution in [-0.2, 0) is 5.75 Å². The molecule has 198 valence electrons. The van der Waals surface area contributed by atoms with Crippen LogP contribution in [0, 0.1) is 17.9 Å². The molecule has 2 aromatic heterocycles. The van der Waals surface area contributed by atoms with Crippen LogP contribution in [0.5, 0.6) is 11.5 Å². The number of aromatic nitrogens is 2. The lowest BCUT2D eigenvalue weighted by Crippen LogP contribution is -2.21. The van der Waals surface area contributed by atoms with Gasteiger partial charge in [0.2, 0.25) is 5.69 Å². The fourth-order valence-electron chi connectivity index (χ4n) is 3.53. The molecule has 0 bridgehead atoms. The Morgan fingerprint density at radius 1 is 1.23 bits per heavy atom. The van der Waals surface area contributed by atoms with Gasteiger partial charge < -0.3 is 30.7 Å². The van der Waals surface area contributed by atoms with Crippen molar-refractivity contribution in [1.29, 1.82) is 5.26 Å². The standard InChI is InChI=1S/C27H24N6O4S2/c1-30-24-23(16-6-8-20(9-7-16)37-13-19(35)12-34)22(11-28)26(33-25(24)29)38-14-18-15-39-27(32-18)31-17-4-3-5-21(10-17)36-2/h3-10,15,19,34-35H,12-14H2,2H3,(H2,29,33)(H,31,32)/t19-/m1/s1. The maximum Gasteiger partial charge on any atom is 0.236 e. The first-order valence-electron chi connectivity index (χ1n) is 11.6. The van der Waals surface area contributed by atoms with Gasteiger partial charge in [0.05, 0.1) is 31.5 Å². The van der Waals surface area contributed by atoms with E-state index in [1.54, 1.807) is 31.4 Å². The van der Waals surface area contributed by atoms with Gasteiger partial charge in [-0.1, -0.05) is 30.0 Å². The lowest BCUT2D eigenvalue weighted by atomic mass is 10.00. The summed E-state index contributed by atoms with van der Waals surface area (Å²) in [6.07, 6.45) is -0.991. The second-order valence-electron chi connectivity index (χ2n) is 8.09. The molecule has 2 aromatic carbocycles. The van der Waals surface area contributed by atoms with Gasteiger partial charge in [0.15, 0.2) is 5.13 Å². The lowest BCUT2D eigenvalue weighted by Gasteiger charge is -2.14. The molecule has 4 rings (SSSR count). The summed E-state index contributed by atoms with van der Waals surface area (Å²) in [6, 6.07) is 16.5. The Bertz CT molecular complexity index is 1530. The van der Waals surface area contributed by atoms with Crippen molar-refractivity contribution in [2.24, 2.45) is 0 Å². The summed E-state index contributed by atoms with van der Waals surface area (Å²) in [7, 11) is 1.61. The number of nitrogens with two attached hydrogens (primary N) is 1. The largest absolute Gasteiger partial charge is 0.497 e. The summed E-state index contributed by atoms with van der Waals surface area (Å²) in [6.45, 7) is 7.17. The Labute approximate surface area is 233 Å². The summed E-state index contributed by atoms with van der Waals surface area (Å²) >= 11 is 2.77. The molecule has 0 saturated carbocycles. The second kappa shape index (κ2) is 13.0. The molecule has 2 heterocycles. The van der Waals surface area contributed by atoms with Gasteiger partial charge in [0.25, 0.3) is 0 Å². The Hall–Kier alpha value is -4.33. The zero-order chi connectivity index (χ0) is 27.8. The maximum absolute atomic E-state index is 10.0. The number of nitriles is 1. The Kier molecular flexibility index (Phi) is 9.20. The number of aliphatic hydroxyl groups is 2. The molecule has 5 N–H and O–H groups in total. The van der Waals surface area contributed by atoms with Crippen molar-refractivity contribution in [3.05, 3.63) is 76.6 Å². The van der Waals surface area contributed by atoms with E-state index in [2.05, 4.69) is 26.2 Å². The number of aliphatic hydroxyl groups excluding tert-OH is 2. The number of methoxy groups -OCH3 is 1. The van der Waals surface area contributed by atoms with Gasteiger partial charge in [0, 0.05) is 28.5 Å². The lowest BCUT2D eigenvalue weighted by molar-refractivity contribution is 0.0536. The van der Waals surface area contributed by atoms with Crippen molar-refractivity contribution in [2.75, 3.05) is 31.4 Å². The van der Waals surface area contributed by atoms with Crippen LogP contribution in [0.1, 0.15) is 11.3 Å². The number of hydrogen-bond donors (Lipinski definition) is 4. The van der Waals surface area contributed by atoms with Crippen LogP contribution in [0.25, 0.3) is 16.0 Å². The van der Waals surface area contributed by atoms with Gasteiger partial charge in [0.1, 0.15) is 41.1 Å². The van der Waals surface area contributed by atoms with E-state index in [1.807, 2.05) is 29.6 Å². The van der Waals surface area contributed by atoms with Crippen molar-refractivity contribution < 1.29 is 19.7 Å². The molecule has 39 heavy (non-hydrogen) atoms. The van der Waals surface area contributed by atoms with E-state index in [4.69, 9.17) is 26.9 Å². The summed E-state index contributed by atoms with van der Waals surface area (Å²) < 4.78 is 10.7. The van der Waals surface area contributed by atoms with E-state index in [0.717, 1.165) is 17.1 Å². The van der Waals surface area contributed by atoms with E-state index < -0.39 is 12.7 Å². The predicted molar refractivity (Wildman–Crippen MR) is 152 cm³/mol. The smallest absolute Gasteiger partial charge is 0.236 e. The SMILES string of the molecule is [C-]#[N+]c1c(N)nc(SCc2csc(Nc3cccc(OC)c3)n2)c(C#N)c1-c1ccc(OC[C@H](O)CO)cc1. The Balaban J connectivity index is 1.55. The highest BCUT2D eigenvalue weighted by molar-refractivity contribution is 7.98. The fourth-order valence-corrected chi connectivity index (χ4v) is 5.26. The third-order valence-corrected chi connectivity index (χ3v) is 7.23. The minimum absolute atomic E-state index is 0.0338. The van der Waals surface area contributed by atoms with Crippen LogP contribution < -0.4 is 20.5 Å². The van der Waals surface area contributed by atoms with E-state index in [1.165, 1.54) is 23.1 Å². The van der Waals surface area contributed by atoms with Crippen molar-refractivity contribution in [1.82, 2.24) is 9.97 Å². The first-order valence-corrected chi connectivity index (χ1v) is 13.4. The Morgan fingerprint density at radius 2 is 2.03 bits per heavy atom. The molecule has 0 unspecified atom stereocenters. The van der Waals surface area contributed by atoms with Crippen LogP contribution in [0.3, 0.4) is 0 Å². The number of ether oxygens (including phenoxy) is 2. The molecule has 0 aliphatic rings. The fraction of sp³-hybridized carbons (Fsp3) is 0.185. The summed E-state index contributed by atoms with van der Waals surface area (Å²) in [5, 5.41) is 34.8. The van der Waals surface area contributed by atoms with Crippen molar-refractivity contribution >= 4 is 45.4 Å². The molecule has 1 atom stereocenters. The average Bonchev–Trinajstić information content (AvgIpc) is 3.41. The van der Waals surface area contributed by atoms with Crippen molar-refractivity contribution in [3.63, 3.8) is 0 Å². The third kappa shape index (κ3) is 6.76. The highest BCUT2D eigenvalue weighted by atomic mass is 32.2. The van der Waals surface area contributed by atoms with Gasteiger partial charge in [-0.3, -0.25) is 0 Å². The normalized spacial score (nSPS) is 11.3. The number of nitrogen functional groups attached to an aromatic ring is 1. The number of anilines is 3. The molecule has 0 saturated heterocycles. The molecule has 12 heteroatoms. The van der Waals surface area contributed by atoms with Gasteiger partial charge in [-0.2, -0.15) is 5.26 Å². The quantitative estimate of drug-likeness (QED) is 0.146. The number of nitrogens with zero attached hydrogens (tertiary/aromatic N) is 4. The third-order valence-electron chi connectivity index (χ3n) is 5.41. The Morgan fingerprint density at radius 3 is 2.72 bits per heavy atom. The number of hydrogen-bond acceptors (Lipinski definition) is 11. The second-order valence-corrected chi connectivity index (χ2v) is 9.91. The maximum atomic E-state index is 10.0. The molecule has 0 amide bonds. The molecule has 0 spiro atoms. The first kappa shape index (κ1) is 27.7. The number of pyridine rings is 1. The van der Waals surface area contributed by atoms with E-state index in [-0.39, 0.29) is 23.7 Å². The van der Waals surface area contributed by atoms with Crippen LogP contribution in [0.4, 0.5) is 22.3 Å². The average molecular weight is 561 g/mol. The van der Waals surface area contributed by atoms with Crippen molar-refractivity contribution in [2.45, 2.75) is 16.9 Å². The molecular formula is C27H24N6O4S2. The zero-order valence-electron chi connectivity index (χ0n) is 20.8. The highest BCUT2D eigenvalue weighted by Crippen LogP contribution is 2.42. The van der Waals surface area contributed by atoms with E-state index in [0.29, 0.717) is 32.8 Å². The van der Waals surface area contributed by atoms with Crippen LogP contribution >= 0.6 is 23.1 Å². The van der Waals surface area contributed by atoms with Crippen molar-refractivity contribution in [3.8, 4) is 28.7 Å². The number of nitrogens with one attached hydrogen (secondary N) is 1. The number of thioether (sulfide) groups is 1. The van der Waals surface area contributed by atoms with Gasteiger partial charge in [-0.25, -0.2) is 14.8 Å². The van der Waals surface area contributed by atoms with Gasteiger partial charge in [-0.05, 0) is 29.8 Å². The molecule has 0 aliphatic carbocycles. The molecule has 0 fully saturated rings. The van der Waals surface area contributed by atoms with Crippen LogP contribution in [-0.4, -0.2) is 46.6 Å². The van der Waals surface area contributed by atoms with E-state index in [9.17, 15) is 10.4 Å². The molecule has 0 radical (unpaired) electrons. The zero-order valence-corrected chi connectivity index (χ0v) is 22.4. The monoisotopic (exact) mass is 560 g/mol. The molecule has 0 aliphatic heterocycles. The van der Waals surface area contributed by atoms with Gasteiger partial charge >= 0.3 is 0 Å². The van der Waals surface area contributed by atoms with Gasteiger partial charge in [-0.15, -0.1) is 11.3 Å². The minimum atomic E-state index is -0.991. The number of benzene rings is 2. The molecular weight excluding hydrogens is 536 g/mol. The number of rotatable bonds is 11. The van der Waals surface area contributed by atoms with E-state index >= 15 is 0 Å². The topological polar surface area (TPSA) is 151 Å². The highest BCUT2D eigenvalue weighted by Gasteiger charge is 2.21. The van der Waals surface area contributed by atoms with Crippen LogP contribution in [0.2, 0.25) is 0 Å². The minimum Gasteiger partial charge on any atom is -0.497 e. The summed E-state index contributed by atoms with van der Waals surface area (Å²) in [5.41, 5.74) is 9.12. The number of thiazole rings is 1. The summed E-state index contributed by atoms with van der Waals surface area (Å²) in [5.74, 6) is 1.68. The predicted octanol–water partition coefficient (Wildman–Crippen LogP) is 4.99. The first-order chi connectivity index (χ1) is 18.9. The summed E-state index contributed by atoms with van der Waals surface area (Å²) in [4.78, 5) is 12.5.